The van der Waals surface area contributed by atoms with Crippen LogP contribution in [-0.2, 0) is 14.8 Å². The summed E-state index contributed by atoms with van der Waals surface area (Å²) >= 11 is 0. The van der Waals surface area contributed by atoms with E-state index < -0.39 is 16.0 Å². The van der Waals surface area contributed by atoms with Crippen LogP contribution in [0.3, 0.4) is 0 Å². The number of hydrogen-bond donors (Lipinski definition) is 1. The Balaban J connectivity index is 1.57. The molecule has 0 bridgehead atoms. The molecule has 1 saturated heterocycles. The highest BCUT2D eigenvalue weighted by Crippen LogP contribution is 2.33. The maximum atomic E-state index is 13.1. The molecule has 2 atom stereocenters. The zero-order valence-electron chi connectivity index (χ0n) is 16.7. The molecule has 2 aliphatic heterocycles. The summed E-state index contributed by atoms with van der Waals surface area (Å²) in [6, 6.07) is 7.57. The zero-order chi connectivity index (χ0) is 20.6. The van der Waals surface area contributed by atoms with Crippen LogP contribution >= 0.6 is 0 Å². The van der Waals surface area contributed by atoms with Gasteiger partial charge in [-0.2, -0.15) is 0 Å². The topological polar surface area (TPSA) is 90.0 Å². The number of carboxylic acids is 1. The lowest BCUT2D eigenvalue weighted by molar-refractivity contribution is -0.438. The summed E-state index contributed by atoms with van der Waals surface area (Å²) in [5.74, 6) is -0.701. The summed E-state index contributed by atoms with van der Waals surface area (Å²) in [4.78, 5) is 11.2. The molecule has 3 aliphatic rings. The normalized spacial score (nSPS) is 27.2. The molecule has 1 saturated carbocycles. The Hall–Kier alpha value is -2.06. The molecule has 0 aromatic heterocycles. The molecule has 29 heavy (non-hydrogen) atoms. The van der Waals surface area contributed by atoms with Gasteiger partial charge in [-0.3, -0.25) is 4.79 Å². The SMILES string of the molecule is C[C@@H]1CN(S(=O)(=O)C2CCCCC2)CC1/C=[N+]1/N=C(CC(=O)O)c2ccccc21. The maximum absolute atomic E-state index is 13.1. The van der Waals surface area contributed by atoms with Crippen LogP contribution in [0.2, 0.25) is 0 Å². The van der Waals surface area contributed by atoms with Crippen LogP contribution in [0.15, 0.2) is 29.4 Å². The van der Waals surface area contributed by atoms with E-state index in [1.165, 1.54) is 0 Å². The highest BCUT2D eigenvalue weighted by molar-refractivity contribution is 7.89. The van der Waals surface area contributed by atoms with Crippen LogP contribution in [0, 0.1) is 11.8 Å². The average molecular weight is 419 g/mol. The molecule has 8 heteroatoms. The second-order valence-corrected chi connectivity index (χ2v) is 10.6. The van der Waals surface area contributed by atoms with Crippen molar-refractivity contribution in [2.75, 3.05) is 13.1 Å². The monoisotopic (exact) mass is 418 g/mol. The standard InChI is InChI=1S/C21H27N3O4S/c1-15-12-23(29(27,28)17-7-3-2-4-8-17)13-16(15)14-24-20-10-6-5-9-18(20)19(22-24)11-21(25)26/h5-6,9-10,14-17H,2-4,7-8,11-13H2,1H3/p+1/b24-14+/t15-,16?/m1/s1. The van der Waals surface area contributed by atoms with E-state index in [2.05, 4.69) is 12.0 Å². The second kappa shape index (κ2) is 7.99. The molecule has 0 spiro atoms. The summed E-state index contributed by atoms with van der Waals surface area (Å²) in [5, 5.41) is 13.5. The molecule has 2 heterocycles. The Morgan fingerprint density at radius 3 is 2.69 bits per heavy atom. The van der Waals surface area contributed by atoms with Gasteiger partial charge in [-0.15, -0.1) is 0 Å². The van der Waals surface area contributed by atoms with Crippen LogP contribution in [0.4, 0.5) is 5.69 Å². The van der Waals surface area contributed by atoms with E-state index in [4.69, 9.17) is 0 Å². The van der Waals surface area contributed by atoms with Gasteiger partial charge in [0.1, 0.15) is 5.71 Å². The van der Waals surface area contributed by atoms with Crippen LogP contribution in [0.1, 0.15) is 51.0 Å². The van der Waals surface area contributed by atoms with Crippen molar-refractivity contribution in [2.24, 2.45) is 16.9 Å². The fraction of sp³-hybridized carbons (Fsp3) is 0.571. The van der Waals surface area contributed by atoms with Crippen molar-refractivity contribution in [3.8, 4) is 0 Å². The minimum Gasteiger partial charge on any atom is -0.481 e. The number of nitrogens with zero attached hydrogens (tertiary/aromatic N) is 3. The van der Waals surface area contributed by atoms with E-state index in [-0.39, 0.29) is 23.5 Å². The third kappa shape index (κ3) is 4.00. The summed E-state index contributed by atoms with van der Waals surface area (Å²) < 4.78 is 29.6. The molecule has 156 valence electrons. The maximum Gasteiger partial charge on any atom is 0.309 e. The van der Waals surface area contributed by atoms with Gasteiger partial charge in [-0.1, -0.05) is 43.0 Å². The smallest absolute Gasteiger partial charge is 0.309 e. The fourth-order valence-corrected chi connectivity index (χ4v) is 6.82. The third-order valence-corrected chi connectivity index (χ3v) is 8.64. The third-order valence-electron chi connectivity index (χ3n) is 6.31. The molecule has 1 aromatic carbocycles. The Morgan fingerprint density at radius 1 is 1.24 bits per heavy atom. The minimum atomic E-state index is -3.27. The summed E-state index contributed by atoms with van der Waals surface area (Å²) in [7, 11) is -3.27. The van der Waals surface area contributed by atoms with Crippen molar-refractivity contribution in [2.45, 2.75) is 50.7 Å². The predicted octanol–water partition coefficient (Wildman–Crippen LogP) is 2.82. The molecule has 0 radical (unpaired) electrons. The van der Waals surface area contributed by atoms with Gasteiger partial charge < -0.3 is 5.11 Å². The van der Waals surface area contributed by atoms with E-state index in [0.29, 0.717) is 18.8 Å². The number of aliphatic carboxylic acids is 1. The van der Waals surface area contributed by atoms with Gasteiger partial charge in [0.15, 0.2) is 6.21 Å². The van der Waals surface area contributed by atoms with Crippen molar-refractivity contribution >= 4 is 33.6 Å². The lowest BCUT2D eigenvalue weighted by atomic mass is 9.99. The number of hydrazone groups is 1. The van der Waals surface area contributed by atoms with Crippen molar-refractivity contribution in [1.82, 2.24) is 4.31 Å². The highest BCUT2D eigenvalue weighted by Gasteiger charge is 2.42. The van der Waals surface area contributed by atoms with Gasteiger partial charge in [0.05, 0.1) is 23.2 Å². The number of rotatable bonds is 5. The zero-order valence-corrected chi connectivity index (χ0v) is 17.5. The number of hydrogen-bond acceptors (Lipinski definition) is 4. The van der Waals surface area contributed by atoms with E-state index in [1.54, 1.807) is 8.99 Å². The molecule has 4 rings (SSSR count). The summed E-state index contributed by atoms with van der Waals surface area (Å²) in [6.07, 6.45) is 6.49. The molecule has 1 unspecified atom stereocenters. The quantitative estimate of drug-likeness (QED) is 0.745. The van der Waals surface area contributed by atoms with Crippen LogP contribution in [0.5, 0.6) is 0 Å². The first-order valence-electron chi connectivity index (χ1n) is 10.4. The Kier molecular flexibility index (Phi) is 5.57. The van der Waals surface area contributed by atoms with Gasteiger partial charge in [-0.05, 0) is 24.8 Å². The Morgan fingerprint density at radius 2 is 1.97 bits per heavy atom. The summed E-state index contributed by atoms with van der Waals surface area (Å²) in [6.45, 7) is 3.06. The molecule has 2 fully saturated rings. The second-order valence-electron chi connectivity index (χ2n) is 8.39. The van der Waals surface area contributed by atoms with Crippen molar-refractivity contribution in [1.29, 1.82) is 0 Å². The lowest BCUT2D eigenvalue weighted by Gasteiger charge is -2.26. The number of benzene rings is 1. The first kappa shape index (κ1) is 20.2. The largest absolute Gasteiger partial charge is 0.481 e. The van der Waals surface area contributed by atoms with E-state index in [9.17, 15) is 18.3 Å². The summed E-state index contributed by atoms with van der Waals surface area (Å²) in [5.41, 5.74) is 2.20. The molecule has 1 aliphatic carbocycles. The van der Waals surface area contributed by atoms with Gasteiger partial charge in [0, 0.05) is 24.3 Å². The first-order valence-corrected chi connectivity index (χ1v) is 11.9. The lowest BCUT2D eigenvalue weighted by Crippen LogP contribution is -2.38. The average Bonchev–Trinajstić information content (AvgIpc) is 3.24. The molecular weight excluding hydrogens is 390 g/mol. The molecular formula is C21H28N3O4S+. The van der Waals surface area contributed by atoms with E-state index in [0.717, 1.165) is 43.4 Å². The van der Waals surface area contributed by atoms with Gasteiger partial charge in [-0.25, -0.2) is 12.7 Å². The number of fused-ring (bicyclic) bond motifs is 1. The number of carboxylic acid groups (broad SMARTS) is 1. The molecule has 1 N–H and O–H groups in total. The fourth-order valence-electron chi connectivity index (χ4n) is 4.65. The first-order chi connectivity index (χ1) is 13.9. The Bertz CT molecular complexity index is 964. The van der Waals surface area contributed by atoms with Crippen molar-refractivity contribution < 1.29 is 23.0 Å². The van der Waals surface area contributed by atoms with Crippen LogP contribution < -0.4 is 0 Å². The molecule has 0 amide bonds. The molecule has 1 aromatic rings. The highest BCUT2D eigenvalue weighted by atomic mass is 32.2. The van der Waals surface area contributed by atoms with Crippen LogP contribution in [-0.4, -0.2) is 58.7 Å². The van der Waals surface area contributed by atoms with Crippen LogP contribution in [0.25, 0.3) is 0 Å². The Labute approximate surface area is 171 Å². The number of para-hydroxylation sites is 1. The predicted molar refractivity (Wildman–Crippen MR) is 111 cm³/mol. The minimum absolute atomic E-state index is 0.0364. The van der Waals surface area contributed by atoms with E-state index in [1.807, 2.05) is 30.5 Å². The van der Waals surface area contributed by atoms with Gasteiger partial charge in [0.2, 0.25) is 15.7 Å². The van der Waals surface area contributed by atoms with Gasteiger partial charge >= 0.3 is 5.97 Å². The van der Waals surface area contributed by atoms with Gasteiger partial charge in [0.25, 0.3) is 0 Å². The molecule has 7 nitrogen and oxygen atoms in total. The number of sulfonamides is 1. The van der Waals surface area contributed by atoms with Crippen molar-refractivity contribution in [3.63, 3.8) is 0 Å². The number of carbonyl (C=O) groups is 1. The van der Waals surface area contributed by atoms with Crippen molar-refractivity contribution in [3.05, 3.63) is 29.8 Å². The van der Waals surface area contributed by atoms with E-state index >= 15 is 0 Å².